The number of phenols is 1. The molecule has 19 heavy (non-hydrogen) atoms. The first-order chi connectivity index (χ1) is 9.04. The van der Waals surface area contributed by atoms with Gasteiger partial charge < -0.3 is 9.84 Å². The van der Waals surface area contributed by atoms with Crippen LogP contribution >= 0.6 is 0 Å². The van der Waals surface area contributed by atoms with E-state index >= 15 is 0 Å². The summed E-state index contributed by atoms with van der Waals surface area (Å²) in [6, 6.07) is 8.11. The van der Waals surface area contributed by atoms with Gasteiger partial charge in [-0.3, -0.25) is 4.90 Å². The molecule has 1 aromatic carbocycles. The molecule has 1 aliphatic rings. The molecular weight excluding hydrogens is 238 g/mol. The second-order valence-corrected chi connectivity index (χ2v) is 5.77. The lowest BCUT2D eigenvalue weighted by atomic mass is 10.0. The molecule has 3 atom stereocenters. The van der Waals surface area contributed by atoms with Gasteiger partial charge in [0.05, 0.1) is 12.2 Å². The van der Waals surface area contributed by atoms with E-state index in [1.807, 2.05) is 12.1 Å². The molecule has 0 aromatic heterocycles. The van der Waals surface area contributed by atoms with Gasteiger partial charge in [0.1, 0.15) is 5.75 Å². The zero-order valence-electron chi connectivity index (χ0n) is 12.2. The van der Waals surface area contributed by atoms with Crippen LogP contribution < -0.4 is 0 Å². The summed E-state index contributed by atoms with van der Waals surface area (Å²) >= 11 is 0. The van der Waals surface area contributed by atoms with E-state index < -0.39 is 0 Å². The zero-order chi connectivity index (χ0) is 13.8. The summed E-state index contributed by atoms with van der Waals surface area (Å²) in [5.41, 5.74) is 1.29. The second kappa shape index (κ2) is 6.40. The molecule has 1 N–H and O–H groups in total. The predicted octanol–water partition coefficient (Wildman–Crippen LogP) is 2.82. The molecule has 1 heterocycles. The van der Waals surface area contributed by atoms with Crippen molar-refractivity contribution in [2.45, 2.75) is 51.9 Å². The third kappa shape index (κ3) is 4.22. The third-order valence-electron chi connectivity index (χ3n) is 3.86. The molecule has 0 bridgehead atoms. The maximum absolute atomic E-state index is 9.27. The number of aromatic hydroxyl groups is 1. The summed E-state index contributed by atoms with van der Waals surface area (Å²) in [7, 11) is 0. The molecule has 0 amide bonds. The Bertz CT molecular complexity index is 380. The van der Waals surface area contributed by atoms with E-state index in [0.717, 1.165) is 25.9 Å². The van der Waals surface area contributed by atoms with E-state index in [9.17, 15) is 5.11 Å². The van der Waals surface area contributed by atoms with Gasteiger partial charge in [-0.05, 0) is 51.3 Å². The van der Waals surface area contributed by atoms with Gasteiger partial charge in [-0.1, -0.05) is 12.1 Å². The van der Waals surface area contributed by atoms with Crippen molar-refractivity contribution in [1.82, 2.24) is 4.90 Å². The lowest BCUT2D eigenvalue weighted by molar-refractivity contribution is -0.0790. The molecule has 0 aliphatic carbocycles. The van der Waals surface area contributed by atoms with Crippen molar-refractivity contribution >= 4 is 0 Å². The first kappa shape index (κ1) is 14.4. The summed E-state index contributed by atoms with van der Waals surface area (Å²) < 4.78 is 5.77. The van der Waals surface area contributed by atoms with E-state index in [1.165, 1.54) is 5.56 Å². The first-order valence-corrected chi connectivity index (χ1v) is 7.22. The number of hydrogen-bond donors (Lipinski definition) is 1. The lowest BCUT2D eigenvalue weighted by Crippen LogP contribution is -2.49. The summed E-state index contributed by atoms with van der Waals surface area (Å²) in [4.78, 5) is 2.53. The minimum atomic E-state index is 0.333. The van der Waals surface area contributed by atoms with Crippen LogP contribution in [0.2, 0.25) is 0 Å². The van der Waals surface area contributed by atoms with Crippen LogP contribution in [0.25, 0.3) is 0 Å². The predicted molar refractivity (Wildman–Crippen MR) is 77.5 cm³/mol. The maximum Gasteiger partial charge on any atom is 0.115 e. The van der Waals surface area contributed by atoms with Gasteiger partial charge in [0.15, 0.2) is 0 Å². The van der Waals surface area contributed by atoms with Crippen molar-refractivity contribution in [1.29, 1.82) is 0 Å². The van der Waals surface area contributed by atoms with Crippen LogP contribution in [-0.2, 0) is 11.2 Å². The third-order valence-corrected chi connectivity index (χ3v) is 3.86. The molecule has 2 rings (SSSR count). The molecule has 106 valence electrons. The van der Waals surface area contributed by atoms with Crippen LogP contribution in [0, 0.1) is 0 Å². The van der Waals surface area contributed by atoms with Crippen LogP contribution in [0.4, 0.5) is 0 Å². The van der Waals surface area contributed by atoms with Crippen molar-refractivity contribution < 1.29 is 9.84 Å². The number of ether oxygens (including phenoxy) is 1. The number of morpholine rings is 1. The minimum absolute atomic E-state index is 0.333. The van der Waals surface area contributed by atoms with Crippen molar-refractivity contribution in [3.05, 3.63) is 29.8 Å². The average molecular weight is 263 g/mol. The van der Waals surface area contributed by atoms with Crippen LogP contribution in [0.15, 0.2) is 24.3 Å². The van der Waals surface area contributed by atoms with Gasteiger partial charge in [0, 0.05) is 19.1 Å². The Labute approximate surface area is 116 Å². The van der Waals surface area contributed by atoms with Gasteiger partial charge >= 0.3 is 0 Å². The number of phenolic OH excluding ortho intramolecular Hbond substituents is 1. The van der Waals surface area contributed by atoms with Gasteiger partial charge in [-0.2, -0.15) is 0 Å². The Morgan fingerprint density at radius 3 is 2.37 bits per heavy atom. The van der Waals surface area contributed by atoms with Gasteiger partial charge in [-0.15, -0.1) is 0 Å². The highest BCUT2D eigenvalue weighted by molar-refractivity contribution is 5.25. The second-order valence-electron chi connectivity index (χ2n) is 5.77. The lowest BCUT2D eigenvalue weighted by Gasteiger charge is -2.39. The number of rotatable bonds is 4. The van der Waals surface area contributed by atoms with Crippen molar-refractivity contribution in [2.75, 3.05) is 13.1 Å². The van der Waals surface area contributed by atoms with E-state index in [1.54, 1.807) is 12.1 Å². The fourth-order valence-corrected chi connectivity index (χ4v) is 2.80. The molecule has 0 saturated carbocycles. The van der Waals surface area contributed by atoms with E-state index in [2.05, 4.69) is 25.7 Å². The molecule has 3 unspecified atom stereocenters. The topological polar surface area (TPSA) is 32.7 Å². The van der Waals surface area contributed by atoms with Gasteiger partial charge in [-0.25, -0.2) is 0 Å². The standard InChI is InChI=1S/C16H25NO2/c1-12(17-10-13(2)19-14(3)11-17)4-5-15-6-8-16(18)9-7-15/h6-9,12-14,18H,4-5,10-11H2,1-3H3. The average Bonchev–Trinajstić information content (AvgIpc) is 2.36. The van der Waals surface area contributed by atoms with Crippen molar-refractivity contribution in [2.24, 2.45) is 0 Å². The summed E-state index contributed by atoms with van der Waals surface area (Å²) in [6.07, 6.45) is 2.87. The normalized spacial score (nSPS) is 26.3. The van der Waals surface area contributed by atoms with E-state index in [-0.39, 0.29) is 0 Å². The molecule has 0 spiro atoms. The Kier molecular flexibility index (Phi) is 4.83. The fourth-order valence-electron chi connectivity index (χ4n) is 2.80. The van der Waals surface area contributed by atoms with Crippen LogP contribution in [0.3, 0.4) is 0 Å². The summed E-state index contributed by atoms with van der Waals surface area (Å²) in [5, 5.41) is 9.27. The summed E-state index contributed by atoms with van der Waals surface area (Å²) in [5.74, 6) is 0.340. The number of benzene rings is 1. The molecule has 3 nitrogen and oxygen atoms in total. The van der Waals surface area contributed by atoms with Crippen LogP contribution in [-0.4, -0.2) is 41.3 Å². The highest BCUT2D eigenvalue weighted by Crippen LogP contribution is 2.18. The quantitative estimate of drug-likeness (QED) is 0.906. The van der Waals surface area contributed by atoms with Crippen LogP contribution in [0.5, 0.6) is 5.75 Å². The maximum atomic E-state index is 9.27. The van der Waals surface area contributed by atoms with Gasteiger partial charge in [0.25, 0.3) is 0 Å². The monoisotopic (exact) mass is 263 g/mol. The SMILES string of the molecule is CC1CN(C(C)CCc2ccc(O)cc2)CC(C)O1. The first-order valence-electron chi connectivity index (χ1n) is 7.22. The summed E-state index contributed by atoms with van der Waals surface area (Å²) in [6.45, 7) is 8.65. The smallest absolute Gasteiger partial charge is 0.115 e. The minimum Gasteiger partial charge on any atom is -0.508 e. The fraction of sp³-hybridized carbons (Fsp3) is 0.625. The molecule has 3 heteroatoms. The zero-order valence-corrected chi connectivity index (χ0v) is 12.2. The van der Waals surface area contributed by atoms with Crippen LogP contribution in [0.1, 0.15) is 32.8 Å². The molecule has 0 radical (unpaired) electrons. The van der Waals surface area contributed by atoms with E-state index in [0.29, 0.717) is 24.0 Å². The Hall–Kier alpha value is -1.06. The molecule has 1 saturated heterocycles. The van der Waals surface area contributed by atoms with Crippen molar-refractivity contribution in [3.63, 3.8) is 0 Å². The number of aryl methyl sites for hydroxylation is 1. The van der Waals surface area contributed by atoms with Gasteiger partial charge in [0.2, 0.25) is 0 Å². The molecule has 1 aliphatic heterocycles. The number of nitrogens with zero attached hydrogens (tertiary/aromatic N) is 1. The molecular formula is C16H25NO2. The highest BCUT2D eigenvalue weighted by atomic mass is 16.5. The van der Waals surface area contributed by atoms with Crippen molar-refractivity contribution in [3.8, 4) is 5.75 Å². The van der Waals surface area contributed by atoms with E-state index in [4.69, 9.17) is 4.74 Å². The highest BCUT2D eigenvalue weighted by Gasteiger charge is 2.25. The molecule has 1 aromatic rings. The number of hydrogen-bond acceptors (Lipinski definition) is 3. The Morgan fingerprint density at radius 1 is 1.21 bits per heavy atom. The Balaban J connectivity index is 1.83. The Morgan fingerprint density at radius 2 is 1.79 bits per heavy atom. The largest absolute Gasteiger partial charge is 0.508 e. The molecule has 1 fully saturated rings.